The number of hydrogen-bond acceptors (Lipinski definition) is 4. The van der Waals surface area contributed by atoms with E-state index in [-0.39, 0.29) is 12.0 Å². The standard InChI is InChI=1S/C25H36N2O3/c28-25(20-10-15-29-16-11-20)27-12-2-5-23(27)18-30-24-7-6-19-8-13-26(22-3-1-4-22)14-9-21(19)17-24/h6-7,17,20,22-23H,1-5,8-16,18H2/t23-/m1/s1. The van der Waals surface area contributed by atoms with E-state index >= 15 is 0 Å². The molecule has 3 aliphatic heterocycles. The Morgan fingerprint density at radius 1 is 0.967 bits per heavy atom. The minimum absolute atomic E-state index is 0.144. The molecule has 1 atom stereocenters. The van der Waals surface area contributed by atoms with Crippen molar-refractivity contribution >= 4 is 5.91 Å². The summed E-state index contributed by atoms with van der Waals surface area (Å²) in [6.45, 7) is 5.31. The first-order valence-corrected chi connectivity index (χ1v) is 12.1. The van der Waals surface area contributed by atoms with Gasteiger partial charge in [0.05, 0.1) is 6.04 Å². The summed E-state index contributed by atoms with van der Waals surface area (Å²) in [5.41, 5.74) is 2.94. The summed E-state index contributed by atoms with van der Waals surface area (Å²) in [5.74, 6) is 1.43. The first-order chi connectivity index (χ1) is 14.8. The van der Waals surface area contributed by atoms with Gasteiger partial charge in [-0.15, -0.1) is 0 Å². The zero-order valence-corrected chi connectivity index (χ0v) is 18.2. The second-order valence-corrected chi connectivity index (χ2v) is 9.58. The molecule has 3 fully saturated rings. The van der Waals surface area contributed by atoms with Gasteiger partial charge in [-0.2, -0.15) is 0 Å². The number of carbonyl (C=O) groups is 1. The van der Waals surface area contributed by atoms with Crippen molar-refractivity contribution in [2.75, 3.05) is 39.5 Å². The van der Waals surface area contributed by atoms with Gasteiger partial charge in [0.15, 0.2) is 0 Å². The van der Waals surface area contributed by atoms with Crippen LogP contribution in [0, 0.1) is 5.92 Å². The Bertz CT molecular complexity index is 742. The zero-order chi connectivity index (χ0) is 20.3. The maximum absolute atomic E-state index is 13.0. The largest absolute Gasteiger partial charge is 0.491 e. The normalized spacial score (nSPS) is 26.1. The second-order valence-electron chi connectivity index (χ2n) is 9.58. The van der Waals surface area contributed by atoms with Gasteiger partial charge in [-0.05, 0) is 74.6 Å². The van der Waals surface area contributed by atoms with Crippen molar-refractivity contribution in [3.05, 3.63) is 29.3 Å². The third-order valence-corrected chi connectivity index (χ3v) is 7.78. The van der Waals surface area contributed by atoms with Crippen LogP contribution in [-0.4, -0.2) is 67.2 Å². The number of carbonyl (C=O) groups excluding carboxylic acids is 1. The fraction of sp³-hybridized carbons (Fsp3) is 0.720. The number of ether oxygens (including phenoxy) is 2. The van der Waals surface area contributed by atoms with Gasteiger partial charge in [-0.25, -0.2) is 0 Å². The number of likely N-dealkylation sites (tertiary alicyclic amines) is 1. The van der Waals surface area contributed by atoms with E-state index in [1.54, 1.807) is 0 Å². The van der Waals surface area contributed by atoms with Crippen LogP contribution in [0.3, 0.4) is 0 Å². The zero-order valence-electron chi connectivity index (χ0n) is 18.2. The molecule has 5 heteroatoms. The summed E-state index contributed by atoms with van der Waals surface area (Å²) >= 11 is 0. The smallest absolute Gasteiger partial charge is 0.226 e. The highest BCUT2D eigenvalue weighted by molar-refractivity contribution is 5.79. The lowest BCUT2D eigenvalue weighted by Gasteiger charge is -2.36. The molecule has 0 spiro atoms. The van der Waals surface area contributed by atoms with Crippen molar-refractivity contribution in [1.29, 1.82) is 0 Å². The predicted octanol–water partition coefficient (Wildman–Crippen LogP) is 3.44. The Morgan fingerprint density at radius 3 is 2.53 bits per heavy atom. The molecule has 1 amide bonds. The van der Waals surface area contributed by atoms with Gasteiger partial charge in [0.25, 0.3) is 0 Å². The average Bonchev–Trinajstić information content (AvgIpc) is 3.12. The van der Waals surface area contributed by atoms with Gasteiger partial charge >= 0.3 is 0 Å². The van der Waals surface area contributed by atoms with Crippen LogP contribution >= 0.6 is 0 Å². The van der Waals surface area contributed by atoms with E-state index < -0.39 is 0 Å². The molecule has 5 rings (SSSR count). The van der Waals surface area contributed by atoms with Crippen LogP contribution in [0.5, 0.6) is 5.75 Å². The molecule has 0 N–H and O–H groups in total. The van der Waals surface area contributed by atoms with Crippen LogP contribution < -0.4 is 4.74 Å². The number of rotatable bonds is 5. The molecule has 1 aromatic rings. The van der Waals surface area contributed by atoms with Gasteiger partial charge < -0.3 is 14.4 Å². The lowest BCUT2D eigenvalue weighted by molar-refractivity contribution is -0.139. The molecule has 164 valence electrons. The van der Waals surface area contributed by atoms with E-state index in [4.69, 9.17) is 9.47 Å². The first-order valence-electron chi connectivity index (χ1n) is 12.1. The van der Waals surface area contributed by atoms with E-state index in [0.29, 0.717) is 12.5 Å². The van der Waals surface area contributed by atoms with Crippen molar-refractivity contribution in [2.45, 2.75) is 69.9 Å². The van der Waals surface area contributed by atoms with Crippen molar-refractivity contribution in [3.8, 4) is 5.75 Å². The Hall–Kier alpha value is -1.59. The molecular formula is C25H36N2O3. The number of nitrogens with zero attached hydrogens (tertiary/aromatic N) is 2. The molecular weight excluding hydrogens is 376 g/mol. The molecule has 0 aromatic heterocycles. The van der Waals surface area contributed by atoms with E-state index in [2.05, 4.69) is 28.0 Å². The van der Waals surface area contributed by atoms with Gasteiger partial charge in [0.1, 0.15) is 12.4 Å². The lowest BCUT2D eigenvalue weighted by Crippen LogP contribution is -2.43. The Balaban J connectivity index is 1.17. The molecule has 0 radical (unpaired) electrons. The summed E-state index contributed by atoms with van der Waals surface area (Å²) in [5, 5.41) is 0. The number of fused-ring (bicyclic) bond motifs is 1. The maximum atomic E-state index is 13.0. The second kappa shape index (κ2) is 9.27. The van der Waals surface area contributed by atoms with Crippen molar-refractivity contribution < 1.29 is 14.3 Å². The van der Waals surface area contributed by atoms with E-state index in [0.717, 1.165) is 70.1 Å². The Kier molecular flexibility index (Phi) is 6.28. The molecule has 1 saturated carbocycles. The van der Waals surface area contributed by atoms with Crippen molar-refractivity contribution in [3.63, 3.8) is 0 Å². The molecule has 1 aliphatic carbocycles. The molecule has 0 bridgehead atoms. The number of benzene rings is 1. The molecule has 3 heterocycles. The average molecular weight is 413 g/mol. The third kappa shape index (κ3) is 4.38. The minimum Gasteiger partial charge on any atom is -0.491 e. The molecule has 2 saturated heterocycles. The van der Waals surface area contributed by atoms with Gasteiger partial charge in [0, 0.05) is 44.8 Å². The highest BCUT2D eigenvalue weighted by Crippen LogP contribution is 2.29. The Labute approximate surface area is 180 Å². The third-order valence-electron chi connectivity index (χ3n) is 7.78. The lowest BCUT2D eigenvalue weighted by atomic mass is 9.91. The SMILES string of the molecule is O=C(C1CCOCC1)N1CCC[C@@H]1COc1ccc2c(c1)CCN(C1CCC1)CC2. The van der Waals surface area contributed by atoms with Crippen LogP contribution in [0.1, 0.15) is 56.1 Å². The quantitative estimate of drug-likeness (QED) is 0.743. The number of hydrogen-bond donors (Lipinski definition) is 0. The number of amides is 1. The highest BCUT2D eigenvalue weighted by atomic mass is 16.5. The summed E-state index contributed by atoms with van der Waals surface area (Å²) in [7, 11) is 0. The van der Waals surface area contributed by atoms with Gasteiger partial charge in [-0.3, -0.25) is 9.69 Å². The van der Waals surface area contributed by atoms with Crippen molar-refractivity contribution in [2.24, 2.45) is 5.92 Å². The van der Waals surface area contributed by atoms with E-state index in [1.165, 1.54) is 43.5 Å². The monoisotopic (exact) mass is 412 g/mol. The topological polar surface area (TPSA) is 42.0 Å². The molecule has 0 unspecified atom stereocenters. The fourth-order valence-electron chi connectivity index (χ4n) is 5.60. The maximum Gasteiger partial charge on any atom is 0.226 e. The van der Waals surface area contributed by atoms with Crippen LogP contribution in [0.15, 0.2) is 18.2 Å². The molecule has 30 heavy (non-hydrogen) atoms. The van der Waals surface area contributed by atoms with Gasteiger partial charge in [0.2, 0.25) is 5.91 Å². The summed E-state index contributed by atoms with van der Waals surface area (Å²) in [6, 6.07) is 7.72. The van der Waals surface area contributed by atoms with Crippen LogP contribution in [0.4, 0.5) is 0 Å². The summed E-state index contributed by atoms with van der Waals surface area (Å²) in [4.78, 5) is 17.8. The molecule has 4 aliphatic rings. The van der Waals surface area contributed by atoms with Crippen molar-refractivity contribution in [1.82, 2.24) is 9.80 Å². The molecule has 5 nitrogen and oxygen atoms in total. The fourth-order valence-corrected chi connectivity index (χ4v) is 5.60. The first kappa shape index (κ1) is 20.3. The highest BCUT2D eigenvalue weighted by Gasteiger charge is 2.34. The van der Waals surface area contributed by atoms with Crippen LogP contribution in [0.25, 0.3) is 0 Å². The summed E-state index contributed by atoms with van der Waals surface area (Å²) < 4.78 is 11.7. The minimum atomic E-state index is 0.144. The van der Waals surface area contributed by atoms with Gasteiger partial charge in [-0.1, -0.05) is 12.5 Å². The Morgan fingerprint density at radius 2 is 1.77 bits per heavy atom. The molecule has 1 aromatic carbocycles. The summed E-state index contributed by atoms with van der Waals surface area (Å²) in [6.07, 6.45) is 10.3. The van der Waals surface area contributed by atoms with Crippen LogP contribution in [-0.2, 0) is 22.4 Å². The van der Waals surface area contributed by atoms with E-state index in [9.17, 15) is 4.79 Å². The van der Waals surface area contributed by atoms with Crippen LogP contribution in [0.2, 0.25) is 0 Å². The van der Waals surface area contributed by atoms with E-state index in [1.807, 2.05) is 0 Å². The predicted molar refractivity (Wildman–Crippen MR) is 117 cm³/mol.